The van der Waals surface area contributed by atoms with Crippen molar-refractivity contribution in [3.05, 3.63) is 29.1 Å². The Hall–Kier alpha value is -0.850. The Labute approximate surface area is 73.8 Å². The van der Waals surface area contributed by atoms with Crippen LogP contribution in [0.15, 0.2) is 12.1 Å². The van der Waals surface area contributed by atoms with E-state index in [2.05, 4.69) is 37.9 Å². The molecule has 0 bridgehead atoms. The highest BCUT2D eigenvalue weighted by Gasteiger charge is 2.26. The van der Waals surface area contributed by atoms with E-state index in [0.717, 1.165) is 11.6 Å². The first-order chi connectivity index (χ1) is 5.68. The largest absolute Gasteiger partial charge is 0.258 e. The van der Waals surface area contributed by atoms with E-state index >= 15 is 0 Å². The molecule has 1 heterocycles. The van der Waals surface area contributed by atoms with E-state index in [-0.39, 0.29) is 0 Å². The summed E-state index contributed by atoms with van der Waals surface area (Å²) in [5.41, 5.74) is 3.94. The third-order valence-electron chi connectivity index (χ3n) is 2.98. The molecule has 0 aliphatic heterocycles. The van der Waals surface area contributed by atoms with Gasteiger partial charge in [0.15, 0.2) is 0 Å². The van der Waals surface area contributed by atoms with Gasteiger partial charge in [-0.15, -0.1) is 0 Å². The SMILES string of the molecule is Cc1ccc2c(n1)[C@@H](C)C(C)C2. The van der Waals surface area contributed by atoms with Gasteiger partial charge in [-0.25, -0.2) is 0 Å². The monoisotopic (exact) mass is 161 g/mol. The lowest BCUT2D eigenvalue weighted by atomic mass is 9.99. The number of nitrogens with zero attached hydrogens (tertiary/aromatic N) is 1. The molecule has 1 aromatic rings. The van der Waals surface area contributed by atoms with Gasteiger partial charge in [0.1, 0.15) is 0 Å². The maximum atomic E-state index is 4.59. The van der Waals surface area contributed by atoms with Gasteiger partial charge in [0, 0.05) is 17.3 Å². The third kappa shape index (κ3) is 1.04. The van der Waals surface area contributed by atoms with Crippen molar-refractivity contribution in [1.82, 2.24) is 4.98 Å². The highest BCUT2D eigenvalue weighted by molar-refractivity contribution is 5.31. The molecule has 2 atom stereocenters. The summed E-state index contributed by atoms with van der Waals surface area (Å²) in [5, 5.41) is 0. The van der Waals surface area contributed by atoms with Crippen molar-refractivity contribution in [2.24, 2.45) is 5.92 Å². The van der Waals surface area contributed by atoms with Crippen LogP contribution in [0.25, 0.3) is 0 Å². The summed E-state index contributed by atoms with van der Waals surface area (Å²) in [7, 11) is 0. The smallest absolute Gasteiger partial charge is 0.0469 e. The Morgan fingerprint density at radius 3 is 2.83 bits per heavy atom. The average Bonchev–Trinajstić information content (AvgIpc) is 2.31. The molecule has 0 amide bonds. The molecule has 1 heteroatoms. The van der Waals surface area contributed by atoms with Gasteiger partial charge < -0.3 is 0 Å². The quantitative estimate of drug-likeness (QED) is 0.570. The van der Waals surface area contributed by atoms with Crippen LogP contribution in [-0.4, -0.2) is 4.98 Å². The average molecular weight is 161 g/mol. The first-order valence-corrected chi connectivity index (χ1v) is 4.65. The molecule has 0 saturated heterocycles. The molecule has 2 rings (SSSR count). The molecule has 0 saturated carbocycles. The van der Waals surface area contributed by atoms with Gasteiger partial charge in [-0.1, -0.05) is 19.9 Å². The molecule has 0 fully saturated rings. The molecule has 0 N–H and O–H groups in total. The molecule has 64 valence electrons. The minimum absolute atomic E-state index is 0.653. The van der Waals surface area contributed by atoms with Crippen LogP contribution in [0.2, 0.25) is 0 Å². The summed E-state index contributed by atoms with van der Waals surface area (Å²) in [5.74, 6) is 1.43. The van der Waals surface area contributed by atoms with Crippen LogP contribution < -0.4 is 0 Å². The van der Waals surface area contributed by atoms with Crippen molar-refractivity contribution >= 4 is 0 Å². The molecule has 12 heavy (non-hydrogen) atoms. The number of pyridine rings is 1. The Balaban J connectivity index is 2.48. The van der Waals surface area contributed by atoms with Crippen LogP contribution in [0.4, 0.5) is 0 Å². The lowest BCUT2D eigenvalue weighted by Gasteiger charge is -2.08. The standard InChI is InChI=1S/C11H15N/c1-7-6-10-5-4-8(2)12-11(10)9(7)3/h4-5,7,9H,6H2,1-3H3/t7?,9-/m0/s1. The van der Waals surface area contributed by atoms with Crippen LogP contribution in [-0.2, 0) is 6.42 Å². The van der Waals surface area contributed by atoms with E-state index in [1.54, 1.807) is 0 Å². The summed E-state index contributed by atoms with van der Waals surface area (Å²) in [6, 6.07) is 4.35. The Morgan fingerprint density at radius 1 is 1.33 bits per heavy atom. The van der Waals surface area contributed by atoms with Gasteiger partial charge in [0.25, 0.3) is 0 Å². The second-order valence-corrected chi connectivity index (χ2v) is 3.97. The summed E-state index contributed by atoms with van der Waals surface area (Å²) < 4.78 is 0. The predicted molar refractivity (Wildman–Crippen MR) is 50.3 cm³/mol. The molecule has 0 radical (unpaired) electrons. The molecule has 0 aromatic carbocycles. The van der Waals surface area contributed by atoms with Crippen molar-refractivity contribution in [2.45, 2.75) is 33.1 Å². The first-order valence-electron chi connectivity index (χ1n) is 4.65. The van der Waals surface area contributed by atoms with Gasteiger partial charge in [0.2, 0.25) is 0 Å². The van der Waals surface area contributed by atoms with Crippen molar-refractivity contribution in [1.29, 1.82) is 0 Å². The van der Waals surface area contributed by atoms with Crippen LogP contribution in [0.5, 0.6) is 0 Å². The lowest BCUT2D eigenvalue weighted by Crippen LogP contribution is -1.99. The summed E-state index contributed by atoms with van der Waals surface area (Å²) >= 11 is 0. The molecule has 1 nitrogen and oxygen atoms in total. The normalized spacial score (nSPS) is 27.2. The van der Waals surface area contributed by atoms with E-state index < -0.39 is 0 Å². The second-order valence-electron chi connectivity index (χ2n) is 3.97. The maximum Gasteiger partial charge on any atom is 0.0469 e. The number of fused-ring (bicyclic) bond motifs is 1. The molecular weight excluding hydrogens is 146 g/mol. The van der Waals surface area contributed by atoms with Gasteiger partial charge in [-0.05, 0) is 30.9 Å². The van der Waals surface area contributed by atoms with Gasteiger partial charge in [-0.2, -0.15) is 0 Å². The van der Waals surface area contributed by atoms with Crippen LogP contribution >= 0.6 is 0 Å². The van der Waals surface area contributed by atoms with Gasteiger partial charge in [0.05, 0.1) is 0 Å². The van der Waals surface area contributed by atoms with E-state index in [0.29, 0.717) is 5.92 Å². The molecular formula is C11H15N. The third-order valence-corrected chi connectivity index (χ3v) is 2.98. The minimum atomic E-state index is 0.653. The number of aryl methyl sites for hydroxylation is 1. The molecule has 1 aromatic heterocycles. The number of hydrogen-bond acceptors (Lipinski definition) is 1. The highest BCUT2D eigenvalue weighted by Crippen LogP contribution is 2.35. The number of hydrogen-bond donors (Lipinski definition) is 0. The zero-order valence-electron chi connectivity index (χ0n) is 7.96. The van der Waals surface area contributed by atoms with E-state index in [1.807, 2.05) is 0 Å². The zero-order valence-corrected chi connectivity index (χ0v) is 7.96. The Morgan fingerprint density at radius 2 is 2.08 bits per heavy atom. The highest BCUT2D eigenvalue weighted by atomic mass is 14.7. The summed E-state index contributed by atoms with van der Waals surface area (Å²) in [6.07, 6.45) is 1.21. The molecule has 1 unspecified atom stereocenters. The molecule has 1 aliphatic carbocycles. The topological polar surface area (TPSA) is 12.9 Å². The van der Waals surface area contributed by atoms with Crippen LogP contribution in [0.1, 0.15) is 36.7 Å². The zero-order chi connectivity index (χ0) is 8.72. The number of rotatable bonds is 0. The fourth-order valence-electron chi connectivity index (χ4n) is 1.97. The van der Waals surface area contributed by atoms with Gasteiger partial charge in [-0.3, -0.25) is 4.98 Å². The van der Waals surface area contributed by atoms with Gasteiger partial charge >= 0.3 is 0 Å². The lowest BCUT2D eigenvalue weighted by molar-refractivity contribution is 0.525. The molecule has 0 spiro atoms. The molecule has 1 aliphatic rings. The summed E-state index contributed by atoms with van der Waals surface area (Å²) in [4.78, 5) is 4.59. The fourth-order valence-corrected chi connectivity index (χ4v) is 1.97. The second kappa shape index (κ2) is 2.58. The van der Waals surface area contributed by atoms with E-state index in [4.69, 9.17) is 0 Å². The Bertz CT molecular complexity index is 304. The maximum absolute atomic E-state index is 4.59. The van der Waals surface area contributed by atoms with E-state index in [1.165, 1.54) is 17.7 Å². The van der Waals surface area contributed by atoms with Crippen molar-refractivity contribution < 1.29 is 0 Å². The minimum Gasteiger partial charge on any atom is -0.258 e. The Kier molecular flexibility index (Phi) is 1.67. The van der Waals surface area contributed by atoms with Crippen LogP contribution in [0.3, 0.4) is 0 Å². The van der Waals surface area contributed by atoms with Crippen molar-refractivity contribution in [3.63, 3.8) is 0 Å². The fraction of sp³-hybridized carbons (Fsp3) is 0.545. The summed E-state index contributed by atoms with van der Waals surface area (Å²) in [6.45, 7) is 6.65. The predicted octanol–water partition coefficient (Wildman–Crippen LogP) is 2.69. The van der Waals surface area contributed by atoms with E-state index in [9.17, 15) is 0 Å². The van der Waals surface area contributed by atoms with Crippen molar-refractivity contribution in [2.75, 3.05) is 0 Å². The van der Waals surface area contributed by atoms with Crippen molar-refractivity contribution in [3.8, 4) is 0 Å². The number of aromatic nitrogens is 1. The van der Waals surface area contributed by atoms with Crippen LogP contribution in [0, 0.1) is 12.8 Å². The first kappa shape index (κ1) is 7.78.